The van der Waals surface area contributed by atoms with Gasteiger partial charge in [0.1, 0.15) is 5.82 Å². The first-order valence-corrected chi connectivity index (χ1v) is 9.21. The second-order valence-corrected chi connectivity index (χ2v) is 7.09. The minimum absolute atomic E-state index is 0.0977. The molecule has 4 heterocycles. The van der Waals surface area contributed by atoms with Crippen molar-refractivity contribution < 1.29 is 14.0 Å². The highest BCUT2D eigenvalue weighted by Gasteiger charge is 2.41. The molecule has 8 nitrogen and oxygen atoms in total. The first-order chi connectivity index (χ1) is 14.4. The number of benzene rings is 1. The molecule has 1 aliphatic rings. The zero-order valence-electron chi connectivity index (χ0n) is 16.3. The number of aromatic nitrogens is 5. The van der Waals surface area contributed by atoms with Gasteiger partial charge in [-0.3, -0.25) is 9.59 Å². The highest BCUT2D eigenvalue weighted by atomic mass is 19.1. The SMILES string of the molecule is Cc1cc(C)nc(-n2nc(C)c3c4c(cnc32)C(=O)N(c2ccccc2F)C4=O)n1. The molecule has 0 fully saturated rings. The maximum absolute atomic E-state index is 14.3. The minimum Gasteiger partial charge on any atom is -0.268 e. The summed E-state index contributed by atoms with van der Waals surface area (Å²) in [4.78, 5) is 40.2. The minimum atomic E-state index is -0.660. The van der Waals surface area contributed by atoms with Gasteiger partial charge in [-0.25, -0.2) is 24.2 Å². The number of carbonyl (C=O) groups excluding carboxylic acids is 2. The predicted molar refractivity (Wildman–Crippen MR) is 106 cm³/mol. The van der Waals surface area contributed by atoms with Gasteiger partial charge in [0.25, 0.3) is 17.8 Å². The second-order valence-electron chi connectivity index (χ2n) is 7.09. The lowest BCUT2D eigenvalue weighted by atomic mass is 10.1. The first kappa shape index (κ1) is 18.0. The summed E-state index contributed by atoms with van der Waals surface area (Å²) in [5, 5.41) is 4.89. The molecule has 2 amide bonds. The number of pyridine rings is 1. The number of halogens is 1. The average molecular weight is 402 g/mol. The van der Waals surface area contributed by atoms with E-state index in [0.29, 0.717) is 22.7 Å². The van der Waals surface area contributed by atoms with E-state index in [2.05, 4.69) is 20.1 Å². The summed E-state index contributed by atoms with van der Waals surface area (Å²) >= 11 is 0. The fourth-order valence-corrected chi connectivity index (χ4v) is 3.75. The van der Waals surface area contributed by atoms with Crippen molar-refractivity contribution in [3.8, 4) is 5.95 Å². The smallest absolute Gasteiger partial charge is 0.267 e. The van der Waals surface area contributed by atoms with Crippen molar-refractivity contribution in [3.63, 3.8) is 0 Å². The van der Waals surface area contributed by atoms with Crippen LogP contribution in [-0.2, 0) is 0 Å². The van der Waals surface area contributed by atoms with Crippen LogP contribution in [0.5, 0.6) is 0 Å². The fourth-order valence-electron chi connectivity index (χ4n) is 3.75. The number of imide groups is 1. The summed E-state index contributed by atoms with van der Waals surface area (Å²) in [6, 6.07) is 7.49. The Morgan fingerprint density at radius 3 is 2.37 bits per heavy atom. The van der Waals surface area contributed by atoms with Crippen molar-refractivity contribution in [2.45, 2.75) is 20.8 Å². The normalized spacial score (nSPS) is 13.4. The average Bonchev–Trinajstić information content (AvgIpc) is 3.16. The summed E-state index contributed by atoms with van der Waals surface area (Å²) in [6.07, 6.45) is 1.32. The van der Waals surface area contributed by atoms with Crippen molar-refractivity contribution in [3.05, 3.63) is 70.6 Å². The Balaban J connectivity index is 1.74. The van der Waals surface area contributed by atoms with Crippen molar-refractivity contribution >= 4 is 28.5 Å². The molecule has 0 spiro atoms. The van der Waals surface area contributed by atoms with E-state index >= 15 is 0 Å². The number of carbonyl (C=O) groups is 2. The van der Waals surface area contributed by atoms with Gasteiger partial charge in [0.05, 0.1) is 27.9 Å². The molecule has 1 aliphatic heterocycles. The van der Waals surface area contributed by atoms with E-state index in [1.54, 1.807) is 13.0 Å². The molecule has 30 heavy (non-hydrogen) atoms. The van der Waals surface area contributed by atoms with Crippen LogP contribution in [0.25, 0.3) is 17.0 Å². The van der Waals surface area contributed by atoms with Gasteiger partial charge in [0, 0.05) is 17.6 Å². The Labute approximate surface area is 170 Å². The topological polar surface area (TPSA) is 93.9 Å². The summed E-state index contributed by atoms with van der Waals surface area (Å²) in [6.45, 7) is 5.40. The molecule has 0 N–H and O–H groups in total. The molecule has 0 aliphatic carbocycles. The molecule has 0 unspecified atom stereocenters. The highest BCUT2D eigenvalue weighted by Crippen LogP contribution is 2.35. The van der Waals surface area contributed by atoms with Gasteiger partial charge in [-0.2, -0.15) is 9.78 Å². The molecule has 3 aromatic heterocycles. The van der Waals surface area contributed by atoms with Gasteiger partial charge in [0.2, 0.25) is 0 Å². The Bertz CT molecular complexity index is 1370. The van der Waals surface area contributed by atoms with Crippen LogP contribution in [0.4, 0.5) is 10.1 Å². The Hall–Kier alpha value is -4.01. The number of fused-ring (bicyclic) bond motifs is 3. The molecule has 4 aromatic rings. The van der Waals surface area contributed by atoms with Crippen molar-refractivity contribution in [2.24, 2.45) is 0 Å². The quantitative estimate of drug-likeness (QED) is 0.479. The van der Waals surface area contributed by atoms with E-state index < -0.39 is 17.6 Å². The number of anilines is 1. The Morgan fingerprint density at radius 2 is 1.67 bits per heavy atom. The zero-order valence-corrected chi connectivity index (χ0v) is 16.3. The molecule has 0 bridgehead atoms. The summed E-state index contributed by atoms with van der Waals surface area (Å²) in [5.41, 5.74) is 2.54. The summed E-state index contributed by atoms with van der Waals surface area (Å²) in [5.74, 6) is -1.58. The van der Waals surface area contributed by atoms with E-state index in [1.807, 2.05) is 19.9 Å². The Kier molecular flexibility index (Phi) is 3.76. The lowest BCUT2D eigenvalue weighted by molar-refractivity contribution is 0.0925. The zero-order chi connectivity index (χ0) is 21.2. The van der Waals surface area contributed by atoms with Crippen LogP contribution in [0, 0.1) is 26.6 Å². The number of amides is 2. The first-order valence-electron chi connectivity index (χ1n) is 9.21. The summed E-state index contributed by atoms with van der Waals surface area (Å²) < 4.78 is 15.8. The molecule has 5 rings (SSSR count). The predicted octanol–water partition coefficient (Wildman–Crippen LogP) is 3.08. The maximum Gasteiger partial charge on any atom is 0.267 e. The van der Waals surface area contributed by atoms with E-state index in [4.69, 9.17) is 0 Å². The number of rotatable bonds is 2. The number of hydrogen-bond donors (Lipinski definition) is 0. The molecular formula is C21H15FN6O2. The van der Waals surface area contributed by atoms with Crippen LogP contribution in [0.2, 0.25) is 0 Å². The van der Waals surface area contributed by atoms with E-state index in [0.717, 1.165) is 16.3 Å². The van der Waals surface area contributed by atoms with E-state index in [9.17, 15) is 14.0 Å². The molecule has 0 radical (unpaired) electrons. The third-order valence-corrected chi connectivity index (χ3v) is 4.98. The van der Waals surface area contributed by atoms with Gasteiger partial charge in [-0.05, 0) is 39.0 Å². The molecule has 1 aromatic carbocycles. The van der Waals surface area contributed by atoms with E-state index in [1.165, 1.54) is 29.1 Å². The van der Waals surface area contributed by atoms with Gasteiger partial charge >= 0.3 is 0 Å². The molecule has 0 atom stereocenters. The summed E-state index contributed by atoms with van der Waals surface area (Å²) in [7, 11) is 0. The fraction of sp³-hybridized carbons (Fsp3) is 0.143. The van der Waals surface area contributed by atoms with Crippen molar-refractivity contribution in [1.29, 1.82) is 0 Å². The number of nitrogens with zero attached hydrogens (tertiary/aromatic N) is 6. The molecule has 9 heteroatoms. The van der Waals surface area contributed by atoms with Crippen LogP contribution < -0.4 is 4.90 Å². The lowest BCUT2D eigenvalue weighted by Crippen LogP contribution is -2.30. The number of hydrogen-bond acceptors (Lipinski definition) is 6. The Morgan fingerprint density at radius 1 is 0.967 bits per heavy atom. The molecule has 0 saturated carbocycles. The van der Waals surface area contributed by atoms with E-state index in [-0.39, 0.29) is 16.8 Å². The molecular weight excluding hydrogens is 387 g/mol. The largest absolute Gasteiger partial charge is 0.268 e. The highest BCUT2D eigenvalue weighted by molar-refractivity contribution is 6.37. The van der Waals surface area contributed by atoms with Gasteiger partial charge < -0.3 is 0 Å². The lowest BCUT2D eigenvalue weighted by Gasteiger charge is -2.14. The molecule has 148 valence electrons. The third kappa shape index (κ3) is 2.45. The van der Waals surface area contributed by atoms with Gasteiger partial charge in [0.15, 0.2) is 5.65 Å². The number of para-hydroxylation sites is 1. The van der Waals surface area contributed by atoms with Crippen LogP contribution in [-0.4, -0.2) is 36.5 Å². The second kappa shape index (κ2) is 6.24. The van der Waals surface area contributed by atoms with Crippen LogP contribution in [0.15, 0.2) is 36.5 Å². The van der Waals surface area contributed by atoms with Crippen LogP contribution >= 0.6 is 0 Å². The van der Waals surface area contributed by atoms with Crippen molar-refractivity contribution in [2.75, 3.05) is 4.90 Å². The van der Waals surface area contributed by atoms with Crippen LogP contribution in [0.1, 0.15) is 37.8 Å². The monoisotopic (exact) mass is 402 g/mol. The molecule has 0 saturated heterocycles. The van der Waals surface area contributed by atoms with Gasteiger partial charge in [-0.1, -0.05) is 12.1 Å². The maximum atomic E-state index is 14.3. The number of aryl methyl sites for hydroxylation is 3. The van der Waals surface area contributed by atoms with Crippen LogP contribution in [0.3, 0.4) is 0 Å². The van der Waals surface area contributed by atoms with Gasteiger partial charge in [-0.15, -0.1) is 0 Å². The third-order valence-electron chi connectivity index (χ3n) is 4.98. The standard InChI is InChI=1S/C21H15FN6O2/c1-10-8-11(2)25-21(24-10)28-18-16(12(3)26-28)17-13(9-23-18)19(29)27(20(17)30)15-7-5-4-6-14(15)22/h4-9H,1-3H3. The van der Waals surface area contributed by atoms with Crippen molar-refractivity contribution in [1.82, 2.24) is 24.7 Å².